The lowest BCUT2D eigenvalue weighted by Gasteiger charge is -2.39. The summed E-state index contributed by atoms with van der Waals surface area (Å²) < 4.78 is 5.09. The maximum Gasteiger partial charge on any atom is 0.334 e. The zero-order valence-electron chi connectivity index (χ0n) is 10.9. The summed E-state index contributed by atoms with van der Waals surface area (Å²) in [6.07, 6.45) is 5.43. The van der Waals surface area contributed by atoms with Gasteiger partial charge in [-0.25, -0.2) is 4.79 Å². The first-order chi connectivity index (χ1) is 8.21. The molecule has 1 unspecified atom stereocenters. The van der Waals surface area contributed by atoms with Crippen LogP contribution in [0.25, 0.3) is 0 Å². The fourth-order valence-electron chi connectivity index (χ4n) is 2.50. The van der Waals surface area contributed by atoms with Crippen molar-refractivity contribution in [1.82, 2.24) is 4.90 Å². The lowest BCUT2D eigenvalue weighted by molar-refractivity contribution is -0.161. The molecule has 0 aromatic rings. The van der Waals surface area contributed by atoms with E-state index in [1.165, 1.54) is 6.42 Å². The lowest BCUT2D eigenvalue weighted by Crippen LogP contribution is -2.58. The van der Waals surface area contributed by atoms with Gasteiger partial charge in [0.1, 0.15) is 0 Å². The number of nitrogens with zero attached hydrogens (tertiary/aromatic N) is 1. The molecule has 1 rings (SSSR count). The van der Waals surface area contributed by atoms with E-state index in [0.717, 1.165) is 38.6 Å². The predicted octanol–water partition coefficient (Wildman–Crippen LogP) is 1.77. The van der Waals surface area contributed by atoms with Gasteiger partial charge in [0, 0.05) is 0 Å². The van der Waals surface area contributed by atoms with Crippen LogP contribution in [0.4, 0.5) is 0 Å². The Morgan fingerprint density at radius 1 is 1.29 bits per heavy atom. The molecule has 0 aromatic carbocycles. The lowest BCUT2D eigenvalue weighted by atomic mass is 9.91. The average Bonchev–Trinajstić information content (AvgIpc) is 2.37. The minimum Gasteiger partial charge on any atom is -0.464 e. The van der Waals surface area contributed by atoms with Gasteiger partial charge >= 0.3 is 5.97 Å². The van der Waals surface area contributed by atoms with Crippen LogP contribution in [0.5, 0.6) is 0 Å². The van der Waals surface area contributed by atoms with Crippen LogP contribution in [0.2, 0.25) is 0 Å². The van der Waals surface area contributed by atoms with E-state index < -0.39 is 5.54 Å². The van der Waals surface area contributed by atoms with Crippen molar-refractivity contribution in [1.29, 1.82) is 0 Å². The molecule has 1 saturated heterocycles. The summed E-state index contributed by atoms with van der Waals surface area (Å²) in [5, 5.41) is 0. The van der Waals surface area contributed by atoms with Gasteiger partial charge in [-0.2, -0.15) is 0 Å². The molecule has 0 aliphatic carbocycles. The molecule has 4 nitrogen and oxygen atoms in total. The topological polar surface area (TPSA) is 46.6 Å². The quantitative estimate of drug-likeness (QED) is 0.404. The Balaban J connectivity index is 2.88. The van der Waals surface area contributed by atoms with Gasteiger partial charge in [0.05, 0.1) is 6.61 Å². The third kappa shape index (κ3) is 3.06. The van der Waals surface area contributed by atoms with Gasteiger partial charge in [-0.3, -0.25) is 4.90 Å². The van der Waals surface area contributed by atoms with Crippen molar-refractivity contribution < 1.29 is 14.3 Å². The molecule has 1 heterocycles. The average molecular weight is 241 g/mol. The molecule has 1 aliphatic rings. The zero-order valence-corrected chi connectivity index (χ0v) is 10.9. The number of rotatable bonds is 6. The molecule has 98 valence electrons. The minimum absolute atomic E-state index is 0.325. The van der Waals surface area contributed by atoms with Crippen LogP contribution in [0.3, 0.4) is 0 Å². The second kappa shape index (κ2) is 6.74. The summed E-state index contributed by atoms with van der Waals surface area (Å²) in [7, 11) is 0. The van der Waals surface area contributed by atoms with Gasteiger partial charge in [-0.05, 0) is 39.3 Å². The number of carbonyl (C=O) groups is 2. The second-order valence-electron chi connectivity index (χ2n) is 4.56. The number of ether oxygens (including phenoxy) is 1. The SMILES string of the molecule is CCCC(C=O)(C(=O)OCC)N1CCCCC1. The molecule has 1 aliphatic heterocycles. The van der Waals surface area contributed by atoms with Crippen LogP contribution in [0, 0.1) is 0 Å². The van der Waals surface area contributed by atoms with E-state index in [1.54, 1.807) is 6.92 Å². The maximum atomic E-state index is 12.1. The Morgan fingerprint density at radius 2 is 1.94 bits per heavy atom. The van der Waals surface area contributed by atoms with E-state index in [1.807, 2.05) is 11.8 Å². The molecule has 1 atom stereocenters. The number of hydrogen-bond acceptors (Lipinski definition) is 4. The number of esters is 1. The molecule has 0 spiro atoms. The highest BCUT2D eigenvalue weighted by Crippen LogP contribution is 2.25. The number of hydrogen-bond donors (Lipinski definition) is 0. The van der Waals surface area contributed by atoms with Crippen LogP contribution < -0.4 is 0 Å². The second-order valence-corrected chi connectivity index (χ2v) is 4.56. The van der Waals surface area contributed by atoms with Gasteiger partial charge < -0.3 is 9.53 Å². The summed E-state index contributed by atoms with van der Waals surface area (Å²) in [4.78, 5) is 25.6. The zero-order chi connectivity index (χ0) is 12.7. The van der Waals surface area contributed by atoms with E-state index in [4.69, 9.17) is 4.74 Å². The van der Waals surface area contributed by atoms with E-state index in [2.05, 4.69) is 0 Å². The van der Waals surface area contributed by atoms with Crippen LogP contribution in [-0.2, 0) is 14.3 Å². The van der Waals surface area contributed by atoms with Crippen molar-refractivity contribution in [3.8, 4) is 0 Å². The van der Waals surface area contributed by atoms with Crippen molar-refractivity contribution in [2.45, 2.75) is 51.5 Å². The fraction of sp³-hybridized carbons (Fsp3) is 0.846. The molecular weight excluding hydrogens is 218 g/mol. The van der Waals surface area contributed by atoms with Crippen molar-refractivity contribution in [2.24, 2.45) is 0 Å². The van der Waals surface area contributed by atoms with Crippen LogP contribution in [0.1, 0.15) is 46.0 Å². The Bertz CT molecular complexity index is 261. The summed E-state index contributed by atoms with van der Waals surface area (Å²) >= 11 is 0. The fourth-order valence-corrected chi connectivity index (χ4v) is 2.50. The minimum atomic E-state index is -1.04. The molecule has 0 N–H and O–H groups in total. The number of aldehydes is 1. The van der Waals surface area contributed by atoms with Crippen molar-refractivity contribution in [3.63, 3.8) is 0 Å². The molecule has 0 aromatic heterocycles. The van der Waals surface area contributed by atoms with E-state index >= 15 is 0 Å². The first kappa shape index (κ1) is 14.2. The highest BCUT2D eigenvalue weighted by Gasteiger charge is 2.44. The van der Waals surface area contributed by atoms with Gasteiger partial charge in [0.25, 0.3) is 0 Å². The third-order valence-corrected chi connectivity index (χ3v) is 3.38. The van der Waals surface area contributed by atoms with Crippen molar-refractivity contribution in [3.05, 3.63) is 0 Å². The molecule has 0 saturated carbocycles. The van der Waals surface area contributed by atoms with Crippen LogP contribution in [-0.4, -0.2) is 42.4 Å². The molecule has 4 heteroatoms. The van der Waals surface area contributed by atoms with Crippen LogP contribution >= 0.6 is 0 Å². The molecule has 17 heavy (non-hydrogen) atoms. The summed E-state index contributed by atoms with van der Waals surface area (Å²) in [5.41, 5.74) is -1.04. The molecular formula is C13H23NO3. The monoisotopic (exact) mass is 241 g/mol. The highest BCUT2D eigenvalue weighted by atomic mass is 16.5. The molecule has 1 fully saturated rings. The molecule has 0 radical (unpaired) electrons. The Labute approximate surface area is 103 Å². The molecule has 0 amide bonds. The summed E-state index contributed by atoms with van der Waals surface area (Å²) in [6.45, 7) is 5.72. The molecule has 0 bridgehead atoms. The first-order valence-electron chi connectivity index (χ1n) is 6.60. The number of piperidine rings is 1. The number of likely N-dealkylation sites (tertiary alicyclic amines) is 1. The van der Waals surface area contributed by atoms with E-state index in [9.17, 15) is 9.59 Å². The van der Waals surface area contributed by atoms with Crippen molar-refractivity contribution >= 4 is 12.3 Å². The highest BCUT2D eigenvalue weighted by molar-refractivity contribution is 5.98. The van der Waals surface area contributed by atoms with Gasteiger partial charge in [-0.1, -0.05) is 19.8 Å². The Hall–Kier alpha value is -0.900. The standard InChI is InChI=1S/C13H23NO3/c1-3-8-13(11-15,12(16)17-4-2)14-9-6-5-7-10-14/h11H,3-10H2,1-2H3. The maximum absolute atomic E-state index is 12.1. The van der Waals surface area contributed by atoms with E-state index in [0.29, 0.717) is 13.0 Å². The van der Waals surface area contributed by atoms with Crippen LogP contribution in [0.15, 0.2) is 0 Å². The van der Waals surface area contributed by atoms with Gasteiger partial charge in [0.2, 0.25) is 0 Å². The predicted molar refractivity (Wildman–Crippen MR) is 65.8 cm³/mol. The van der Waals surface area contributed by atoms with Gasteiger partial charge in [-0.15, -0.1) is 0 Å². The first-order valence-corrected chi connectivity index (χ1v) is 6.60. The smallest absolute Gasteiger partial charge is 0.334 e. The van der Waals surface area contributed by atoms with Gasteiger partial charge in [0.15, 0.2) is 11.8 Å². The van der Waals surface area contributed by atoms with Crippen molar-refractivity contribution in [2.75, 3.05) is 19.7 Å². The Kier molecular flexibility index (Phi) is 5.62. The largest absolute Gasteiger partial charge is 0.464 e. The van der Waals surface area contributed by atoms with E-state index in [-0.39, 0.29) is 5.97 Å². The Morgan fingerprint density at radius 3 is 2.41 bits per heavy atom. The number of carbonyl (C=O) groups excluding carboxylic acids is 2. The normalized spacial score (nSPS) is 20.6. The third-order valence-electron chi connectivity index (χ3n) is 3.38. The summed E-state index contributed by atoms with van der Waals surface area (Å²) in [5.74, 6) is -0.376. The summed E-state index contributed by atoms with van der Waals surface area (Å²) in [6, 6.07) is 0.